The second kappa shape index (κ2) is 6.31. The average molecular weight is 294 g/mol. The molecule has 0 saturated carbocycles. The number of benzene rings is 2. The minimum Gasteiger partial charge on any atom is -0.388 e. The van der Waals surface area contributed by atoms with Gasteiger partial charge in [0.15, 0.2) is 0 Å². The van der Waals surface area contributed by atoms with E-state index >= 15 is 0 Å². The van der Waals surface area contributed by atoms with Gasteiger partial charge in [-0.15, -0.1) is 0 Å². The van der Waals surface area contributed by atoms with E-state index in [1.807, 2.05) is 37.3 Å². The van der Waals surface area contributed by atoms with Crippen LogP contribution in [0.25, 0.3) is 0 Å². The molecule has 0 heterocycles. The van der Waals surface area contributed by atoms with Gasteiger partial charge in [0.1, 0.15) is 0 Å². The number of halogens is 3. The van der Waals surface area contributed by atoms with Crippen LogP contribution < -0.4 is 0 Å². The monoisotopic (exact) mass is 294 g/mol. The summed E-state index contributed by atoms with van der Waals surface area (Å²) in [5.74, 6) is -0.227. The topological polar surface area (TPSA) is 20.2 Å². The second-order valence-electron chi connectivity index (χ2n) is 4.99. The maximum Gasteiger partial charge on any atom is 0.416 e. The molecule has 0 amide bonds. The smallest absolute Gasteiger partial charge is 0.388 e. The summed E-state index contributed by atoms with van der Waals surface area (Å²) in [7, 11) is 0. The molecule has 0 aliphatic rings. The standard InChI is InChI=1S/C17H17F3O/c1-2-15(12-7-4-3-5-8-12)16(21)13-9-6-10-14(11-13)17(18,19)20/h3-11,15-16,21H,2H2,1H3. The summed E-state index contributed by atoms with van der Waals surface area (Å²) in [5.41, 5.74) is 0.479. The Morgan fingerprint density at radius 1 is 0.952 bits per heavy atom. The van der Waals surface area contributed by atoms with Gasteiger partial charge in [-0.05, 0) is 29.7 Å². The van der Waals surface area contributed by atoms with Crippen LogP contribution in [-0.4, -0.2) is 5.11 Å². The van der Waals surface area contributed by atoms with E-state index in [4.69, 9.17) is 0 Å². The van der Waals surface area contributed by atoms with Crippen LogP contribution in [0.2, 0.25) is 0 Å². The lowest BCUT2D eigenvalue weighted by atomic mass is 9.87. The van der Waals surface area contributed by atoms with Crippen LogP contribution in [0.15, 0.2) is 54.6 Å². The number of aliphatic hydroxyl groups excluding tert-OH is 1. The predicted molar refractivity (Wildman–Crippen MR) is 75.9 cm³/mol. The Balaban J connectivity index is 2.32. The number of alkyl halides is 3. The van der Waals surface area contributed by atoms with Crippen LogP contribution in [0.4, 0.5) is 13.2 Å². The molecular formula is C17H17F3O. The highest BCUT2D eigenvalue weighted by molar-refractivity contribution is 5.31. The lowest BCUT2D eigenvalue weighted by molar-refractivity contribution is -0.137. The zero-order valence-electron chi connectivity index (χ0n) is 11.6. The highest BCUT2D eigenvalue weighted by Gasteiger charge is 2.31. The molecule has 0 radical (unpaired) electrons. The van der Waals surface area contributed by atoms with Gasteiger partial charge < -0.3 is 5.11 Å². The van der Waals surface area contributed by atoms with E-state index in [9.17, 15) is 18.3 Å². The zero-order chi connectivity index (χ0) is 15.5. The number of rotatable bonds is 4. The third-order valence-corrected chi connectivity index (χ3v) is 3.60. The van der Waals surface area contributed by atoms with Crippen LogP contribution in [0, 0.1) is 0 Å². The number of hydrogen-bond donors (Lipinski definition) is 1. The Kier molecular flexibility index (Phi) is 4.68. The van der Waals surface area contributed by atoms with E-state index in [0.717, 1.165) is 17.7 Å². The van der Waals surface area contributed by atoms with Crippen LogP contribution in [-0.2, 0) is 6.18 Å². The van der Waals surface area contributed by atoms with Crippen LogP contribution in [0.5, 0.6) is 0 Å². The summed E-state index contributed by atoms with van der Waals surface area (Å²) < 4.78 is 38.3. The molecule has 0 bridgehead atoms. The largest absolute Gasteiger partial charge is 0.416 e. The third-order valence-electron chi connectivity index (χ3n) is 3.60. The molecule has 0 aromatic heterocycles. The van der Waals surface area contributed by atoms with Gasteiger partial charge in [0.25, 0.3) is 0 Å². The van der Waals surface area contributed by atoms with Crippen molar-refractivity contribution < 1.29 is 18.3 Å². The minimum atomic E-state index is -4.40. The molecule has 21 heavy (non-hydrogen) atoms. The van der Waals surface area contributed by atoms with Gasteiger partial charge in [0, 0.05) is 5.92 Å². The summed E-state index contributed by atoms with van der Waals surface area (Å²) in [6, 6.07) is 14.2. The van der Waals surface area contributed by atoms with Crippen molar-refractivity contribution in [2.75, 3.05) is 0 Å². The van der Waals surface area contributed by atoms with Gasteiger partial charge in [0.05, 0.1) is 11.7 Å². The van der Waals surface area contributed by atoms with E-state index in [0.29, 0.717) is 12.0 Å². The van der Waals surface area contributed by atoms with Gasteiger partial charge in [-0.2, -0.15) is 13.2 Å². The third kappa shape index (κ3) is 3.64. The van der Waals surface area contributed by atoms with Gasteiger partial charge in [-0.3, -0.25) is 0 Å². The van der Waals surface area contributed by atoms with Crippen molar-refractivity contribution >= 4 is 0 Å². The first kappa shape index (κ1) is 15.6. The number of hydrogen-bond acceptors (Lipinski definition) is 1. The first-order chi connectivity index (χ1) is 9.93. The molecule has 2 aromatic rings. The second-order valence-corrected chi connectivity index (χ2v) is 4.99. The summed E-state index contributed by atoms with van der Waals surface area (Å²) in [4.78, 5) is 0. The molecule has 2 unspecified atom stereocenters. The fourth-order valence-corrected chi connectivity index (χ4v) is 2.47. The summed E-state index contributed by atoms with van der Waals surface area (Å²) >= 11 is 0. The van der Waals surface area contributed by atoms with Crippen molar-refractivity contribution in [3.63, 3.8) is 0 Å². The van der Waals surface area contributed by atoms with E-state index in [2.05, 4.69) is 0 Å². The van der Waals surface area contributed by atoms with Crippen LogP contribution >= 0.6 is 0 Å². The number of aliphatic hydroxyl groups is 1. The summed E-state index contributed by atoms with van der Waals surface area (Å²) in [5, 5.41) is 10.5. The fraction of sp³-hybridized carbons (Fsp3) is 0.294. The molecule has 4 heteroatoms. The quantitative estimate of drug-likeness (QED) is 0.847. The normalized spacial score (nSPS) is 14.7. The molecule has 2 rings (SSSR count). The maximum absolute atomic E-state index is 12.8. The Morgan fingerprint density at radius 3 is 2.14 bits per heavy atom. The van der Waals surface area contributed by atoms with Crippen molar-refractivity contribution in [1.82, 2.24) is 0 Å². The van der Waals surface area contributed by atoms with Crippen LogP contribution in [0.1, 0.15) is 42.1 Å². The van der Waals surface area contributed by atoms with Crippen molar-refractivity contribution in [2.45, 2.75) is 31.5 Å². The minimum absolute atomic E-state index is 0.227. The molecule has 0 aliphatic heterocycles. The van der Waals surface area contributed by atoms with Crippen molar-refractivity contribution in [3.8, 4) is 0 Å². The first-order valence-electron chi connectivity index (χ1n) is 6.83. The molecule has 1 N–H and O–H groups in total. The lowest BCUT2D eigenvalue weighted by Crippen LogP contribution is -2.12. The van der Waals surface area contributed by atoms with Crippen molar-refractivity contribution in [3.05, 3.63) is 71.3 Å². The molecule has 2 aromatic carbocycles. The van der Waals surface area contributed by atoms with Gasteiger partial charge in [0.2, 0.25) is 0 Å². The first-order valence-corrected chi connectivity index (χ1v) is 6.83. The Morgan fingerprint density at radius 2 is 1.57 bits per heavy atom. The molecular weight excluding hydrogens is 277 g/mol. The summed E-state index contributed by atoms with van der Waals surface area (Å²) in [6.45, 7) is 1.91. The Bertz CT molecular complexity index is 578. The fourth-order valence-electron chi connectivity index (χ4n) is 2.47. The lowest BCUT2D eigenvalue weighted by Gasteiger charge is -2.23. The van der Waals surface area contributed by atoms with E-state index in [1.54, 1.807) is 0 Å². The molecule has 0 spiro atoms. The highest BCUT2D eigenvalue weighted by Crippen LogP contribution is 2.36. The zero-order valence-corrected chi connectivity index (χ0v) is 11.6. The average Bonchev–Trinajstić information content (AvgIpc) is 2.48. The molecule has 1 nitrogen and oxygen atoms in total. The SMILES string of the molecule is CCC(c1ccccc1)C(O)c1cccc(C(F)(F)F)c1. The molecule has 0 saturated heterocycles. The molecule has 112 valence electrons. The maximum atomic E-state index is 12.8. The van der Waals surface area contributed by atoms with E-state index in [-0.39, 0.29) is 5.92 Å². The van der Waals surface area contributed by atoms with Crippen molar-refractivity contribution in [1.29, 1.82) is 0 Å². The van der Waals surface area contributed by atoms with E-state index in [1.165, 1.54) is 12.1 Å². The summed E-state index contributed by atoms with van der Waals surface area (Å²) in [6.07, 6.45) is -4.72. The highest BCUT2D eigenvalue weighted by atomic mass is 19.4. The van der Waals surface area contributed by atoms with E-state index < -0.39 is 17.8 Å². The Labute approximate surface area is 122 Å². The predicted octanol–water partition coefficient (Wildman–Crippen LogP) is 4.93. The molecule has 0 fully saturated rings. The van der Waals surface area contributed by atoms with Crippen molar-refractivity contribution in [2.24, 2.45) is 0 Å². The van der Waals surface area contributed by atoms with Gasteiger partial charge in [-0.25, -0.2) is 0 Å². The Hall–Kier alpha value is -1.81. The van der Waals surface area contributed by atoms with Gasteiger partial charge >= 0.3 is 6.18 Å². The molecule has 2 atom stereocenters. The van der Waals surface area contributed by atoms with Crippen LogP contribution in [0.3, 0.4) is 0 Å². The van der Waals surface area contributed by atoms with Gasteiger partial charge in [-0.1, -0.05) is 49.4 Å². The molecule has 0 aliphatic carbocycles.